The van der Waals surface area contributed by atoms with E-state index in [4.69, 9.17) is 11.5 Å². The topological polar surface area (TPSA) is 72.3 Å². The molecule has 0 saturated heterocycles. The average Bonchev–Trinajstić information content (AvgIpc) is 2.39. The molecule has 0 spiro atoms. The van der Waals surface area contributed by atoms with Gasteiger partial charge in [-0.1, -0.05) is 26.7 Å². The number of amides is 1. The summed E-state index contributed by atoms with van der Waals surface area (Å²) in [6.07, 6.45) is 4.58. The van der Waals surface area contributed by atoms with E-state index in [9.17, 15) is 4.79 Å². The number of nitrogens with zero attached hydrogens (tertiary/aromatic N) is 1. The third kappa shape index (κ3) is 4.47. The molecule has 1 amide bonds. The Morgan fingerprint density at radius 3 is 2.21 bits per heavy atom. The van der Waals surface area contributed by atoms with Gasteiger partial charge in [0.2, 0.25) is 0 Å². The van der Waals surface area contributed by atoms with Crippen molar-refractivity contribution in [1.82, 2.24) is 0 Å². The lowest BCUT2D eigenvalue weighted by molar-refractivity contribution is 0.100. The molecule has 1 aromatic carbocycles. The Bertz CT molecular complexity index is 410. The van der Waals surface area contributed by atoms with Gasteiger partial charge in [-0.3, -0.25) is 4.79 Å². The summed E-state index contributed by atoms with van der Waals surface area (Å²) in [6.45, 7) is 6.35. The molecule has 0 radical (unpaired) electrons. The minimum Gasteiger partial charge on any atom is -0.398 e. The lowest BCUT2D eigenvalue weighted by Gasteiger charge is -2.25. The van der Waals surface area contributed by atoms with Crippen LogP contribution in [-0.4, -0.2) is 19.0 Å². The van der Waals surface area contributed by atoms with Gasteiger partial charge in [-0.25, -0.2) is 0 Å². The minimum absolute atomic E-state index is 0.412. The van der Waals surface area contributed by atoms with Crippen molar-refractivity contribution in [2.75, 3.05) is 23.7 Å². The first-order valence-electron chi connectivity index (χ1n) is 7.04. The largest absolute Gasteiger partial charge is 0.398 e. The average molecular weight is 263 g/mol. The van der Waals surface area contributed by atoms with Crippen LogP contribution in [0.4, 0.5) is 11.4 Å². The predicted octanol–water partition coefficient (Wildman–Crippen LogP) is 2.77. The first-order chi connectivity index (χ1) is 9.10. The van der Waals surface area contributed by atoms with E-state index in [0.29, 0.717) is 11.3 Å². The van der Waals surface area contributed by atoms with Crippen LogP contribution in [-0.2, 0) is 0 Å². The SMILES string of the molecule is CCCCN(CCCC)c1ccc(N)c(C(N)=O)c1. The Balaban J connectivity index is 2.93. The number of carbonyl (C=O) groups is 1. The molecule has 0 heterocycles. The lowest BCUT2D eigenvalue weighted by Crippen LogP contribution is -2.26. The molecule has 0 aliphatic carbocycles. The molecule has 0 atom stereocenters. The number of carbonyl (C=O) groups excluding carboxylic acids is 1. The van der Waals surface area contributed by atoms with Crippen molar-refractivity contribution in [2.45, 2.75) is 39.5 Å². The summed E-state index contributed by atoms with van der Waals surface area (Å²) < 4.78 is 0. The molecule has 0 aliphatic rings. The predicted molar refractivity (Wildman–Crippen MR) is 81.4 cm³/mol. The quantitative estimate of drug-likeness (QED) is 0.708. The molecular weight excluding hydrogens is 238 g/mol. The fourth-order valence-corrected chi connectivity index (χ4v) is 2.02. The van der Waals surface area contributed by atoms with Crippen LogP contribution in [0.25, 0.3) is 0 Å². The van der Waals surface area contributed by atoms with Gasteiger partial charge in [-0.15, -0.1) is 0 Å². The van der Waals surface area contributed by atoms with E-state index in [1.807, 2.05) is 12.1 Å². The van der Waals surface area contributed by atoms with Crippen molar-refractivity contribution in [3.05, 3.63) is 23.8 Å². The zero-order valence-corrected chi connectivity index (χ0v) is 12.0. The normalized spacial score (nSPS) is 10.4. The van der Waals surface area contributed by atoms with E-state index in [2.05, 4.69) is 18.7 Å². The summed E-state index contributed by atoms with van der Waals surface area (Å²) in [5.41, 5.74) is 13.0. The number of nitrogens with two attached hydrogens (primary N) is 2. The number of hydrogen-bond donors (Lipinski definition) is 2. The minimum atomic E-state index is -0.467. The number of nitrogen functional groups attached to an aromatic ring is 1. The van der Waals surface area contributed by atoms with Crippen molar-refractivity contribution in [1.29, 1.82) is 0 Å². The second-order valence-electron chi connectivity index (χ2n) is 4.83. The van der Waals surface area contributed by atoms with E-state index in [-0.39, 0.29) is 0 Å². The smallest absolute Gasteiger partial charge is 0.250 e. The molecule has 0 fully saturated rings. The van der Waals surface area contributed by atoms with Crippen molar-refractivity contribution < 1.29 is 4.79 Å². The Morgan fingerprint density at radius 2 is 1.74 bits per heavy atom. The highest BCUT2D eigenvalue weighted by Crippen LogP contribution is 2.22. The van der Waals surface area contributed by atoms with Crippen LogP contribution in [0.5, 0.6) is 0 Å². The van der Waals surface area contributed by atoms with Gasteiger partial charge < -0.3 is 16.4 Å². The van der Waals surface area contributed by atoms with Gasteiger partial charge in [0, 0.05) is 24.5 Å². The number of hydrogen-bond acceptors (Lipinski definition) is 3. The molecule has 4 heteroatoms. The van der Waals surface area contributed by atoms with Crippen LogP contribution in [0.1, 0.15) is 49.9 Å². The molecule has 4 N–H and O–H groups in total. The molecule has 0 aromatic heterocycles. The highest BCUT2D eigenvalue weighted by atomic mass is 16.1. The molecule has 106 valence electrons. The van der Waals surface area contributed by atoms with Gasteiger partial charge in [0.25, 0.3) is 5.91 Å². The number of unbranched alkanes of at least 4 members (excludes halogenated alkanes) is 2. The third-order valence-electron chi connectivity index (χ3n) is 3.23. The van der Waals surface area contributed by atoms with E-state index in [1.54, 1.807) is 6.07 Å². The zero-order valence-electron chi connectivity index (χ0n) is 12.0. The first-order valence-corrected chi connectivity index (χ1v) is 7.04. The third-order valence-corrected chi connectivity index (χ3v) is 3.23. The molecule has 0 aliphatic heterocycles. The number of benzene rings is 1. The Labute approximate surface area is 115 Å². The van der Waals surface area contributed by atoms with Crippen molar-refractivity contribution in [3.8, 4) is 0 Å². The van der Waals surface area contributed by atoms with Gasteiger partial charge in [0.1, 0.15) is 0 Å². The fourth-order valence-electron chi connectivity index (χ4n) is 2.02. The highest BCUT2D eigenvalue weighted by molar-refractivity contribution is 5.99. The van der Waals surface area contributed by atoms with Crippen molar-refractivity contribution in [2.24, 2.45) is 5.73 Å². The van der Waals surface area contributed by atoms with E-state index in [0.717, 1.165) is 44.5 Å². The van der Waals surface area contributed by atoms with Gasteiger partial charge in [-0.05, 0) is 31.0 Å². The monoisotopic (exact) mass is 263 g/mol. The van der Waals surface area contributed by atoms with Gasteiger partial charge in [0.15, 0.2) is 0 Å². The van der Waals surface area contributed by atoms with E-state index in [1.165, 1.54) is 0 Å². The maximum absolute atomic E-state index is 11.3. The summed E-state index contributed by atoms with van der Waals surface area (Å²) in [4.78, 5) is 13.7. The first kappa shape index (κ1) is 15.3. The lowest BCUT2D eigenvalue weighted by atomic mass is 10.1. The Morgan fingerprint density at radius 1 is 1.16 bits per heavy atom. The van der Waals surface area contributed by atoms with Crippen LogP contribution in [0.2, 0.25) is 0 Å². The summed E-state index contributed by atoms with van der Waals surface area (Å²) in [6, 6.07) is 5.54. The Kier molecular flexibility index (Phi) is 6.19. The number of anilines is 2. The fraction of sp³-hybridized carbons (Fsp3) is 0.533. The van der Waals surface area contributed by atoms with E-state index < -0.39 is 5.91 Å². The summed E-state index contributed by atoms with van der Waals surface area (Å²) in [7, 11) is 0. The summed E-state index contributed by atoms with van der Waals surface area (Å²) in [5.74, 6) is -0.467. The van der Waals surface area contributed by atoms with Crippen LogP contribution < -0.4 is 16.4 Å². The van der Waals surface area contributed by atoms with Crippen LogP contribution in [0, 0.1) is 0 Å². The molecule has 0 saturated carbocycles. The maximum atomic E-state index is 11.3. The standard InChI is InChI=1S/C15H25N3O/c1-3-5-9-18(10-6-4-2)12-7-8-14(16)13(11-12)15(17)19/h7-8,11H,3-6,9-10,16H2,1-2H3,(H2,17,19). The van der Waals surface area contributed by atoms with Crippen LogP contribution >= 0.6 is 0 Å². The van der Waals surface area contributed by atoms with Crippen LogP contribution in [0.3, 0.4) is 0 Å². The molecule has 1 aromatic rings. The molecular formula is C15H25N3O. The Hall–Kier alpha value is -1.71. The number of primary amides is 1. The van der Waals surface area contributed by atoms with Gasteiger partial charge in [-0.2, -0.15) is 0 Å². The molecule has 0 bridgehead atoms. The second-order valence-corrected chi connectivity index (χ2v) is 4.83. The zero-order chi connectivity index (χ0) is 14.3. The van der Waals surface area contributed by atoms with Crippen molar-refractivity contribution >= 4 is 17.3 Å². The maximum Gasteiger partial charge on any atom is 0.250 e. The summed E-state index contributed by atoms with van der Waals surface area (Å²) >= 11 is 0. The van der Waals surface area contributed by atoms with Crippen LogP contribution in [0.15, 0.2) is 18.2 Å². The highest BCUT2D eigenvalue weighted by Gasteiger charge is 2.11. The molecule has 4 nitrogen and oxygen atoms in total. The van der Waals surface area contributed by atoms with Gasteiger partial charge >= 0.3 is 0 Å². The molecule has 1 rings (SSSR count). The molecule has 19 heavy (non-hydrogen) atoms. The molecule has 0 unspecified atom stereocenters. The van der Waals surface area contributed by atoms with Gasteiger partial charge in [0.05, 0.1) is 5.56 Å². The van der Waals surface area contributed by atoms with Crippen molar-refractivity contribution in [3.63, 3.8) is 0 Å². The van der Waals surface area contributed by atoms with E-state index >= 15 is 0 Å². The summed E-state index contributed by atoms with van der Waals surface area (Å²) in [5, 5.41) is 0. The second kappa shape index (κ2) is 7.67. The number of rotatable bonds is 8.